The molecule has 132 valence electrons. The normalized spacial score (nSPS) is 12.5. The molecule has 0 aliphatic heterocycles. The lowest BCUT2D eigenvalue weighted by atomic mass is 9.75. The Morgan fingerprint density at radius 3 is 1.38 bits per heavy atom. The van der Waals surface area contributed by atoms with Crippen LogP contribution in [0.2, 0.25) is 0 Å². The van der Waals surface area contributed by atoms with E-state index < -0.39 is 34.6 Å². The van der Waals surface area contributed by atoms with Crippen molar-refractivity contribution in [1.29, 1.82) is 0 Å². The number of carbonyl (C=O) groups excluding carboxylic acids is 2. The molecule has 6 heteroatoms. The Morgan fingerprint density at radius 2 is 1.12 bits per heavy atom. The van der Waals surface area contributed by atoms with Gasteiger partial charge in [-0.15, -0.1) is 0 Å². The summed E-state index contributed by atoms with van der Waals surface area (Å²) in [5, 5.41) is 19.3. The van der Waals surface area contributed by atoms with E-state index in [0.717, 1.165) is 0 Å². The fourth-order valence-electron chi connectivity index (χ4n) is 3.68. The zero-order valence-corrected chi connectivity index (χ0v) is 14.3. The van der Waals surface area contributed by atoms with Crippen LogP contribution in [-0.2, 0) is 12.8 Å². The third kappa shape index (κ3) is 2.26. The van der Waals surface area contributed by atoms with Gasteiger partial charge in [-0.2, -0.15) is 0 Å². The summed E-state index contributed by atoms with van der Waals surface area (Å²) in [6, 6.07) is 6.31. The fraction of sp³-hybridized carbons (Fsp3) is 0.200. The Balaban J connectivity index is 2.56. The first-order valence-corrected chi connectivity index (χ1v) is 8.21. The van der Waals surface area contributed by atoms with Gasteiger partial charge in [-0.05, 0) is 24.0 Å². The molecule has 0 atom stereocenters. The number of fused-ring (bicyclic) bond motifs is 2. The summed E-state index contributed by atoms with van der Waals surface area (Å²) in [6.07, 6.45) is 0.241. The number of benzene rings is 2. The molecule has 2 aromatic rings. The number of ketones is 2. The number of carbonyl (C=O) groups is 4. The molecule has 0 aromatic heterocycles. The van der Waals surface area contributed by atoms with Crippen molar-refractivity contribution in [2.24, 2.45) is 0 Å². The monoisotopic (exact) mass is 352 g/mol. The summed E-state index contributed by atoms with van der Waals surface area (Å²) in [6.45, 7) is 3.27. The molecular formula is C20H16O6. The van der Waals surface area contributed by atoms with Gasteiger partial charge in [0, 0.05) is 22.3 Å². The van der Waals surface area contributed by atoms with E-state index in [1.807, 2.05) is 0 Å². The minimum atomic E-state index is -1.42. The molecule has 26 heavy (non-hydrogen) atoms. The van der Waals surface area contributed by atoms with Gasteiger partial charge in [-0.3, -0.25) is 9.59 Å². The van der Waals surface area contributed by atoms with Gasteiger partial charge in [0.25, 0.3) is 0 Å². The van der Waals surface area contributed by atoms with Gasteiger partial charge < -0.3 is 10.2 Å². The van der Waals surface area contributed by atoms with Gasteiger partial charge in [0.15, 0.2) is 11.6 Å². The van der Waals surface area contributed by atoms with Crippen molar-refractivity contribution in [1.82, 2.24) is 0 Å². The molecule has 0 saturated carbocycles. The lowest BCUT2D eigenvalue weighted by molar-refractivity contribution is 0.0649. The second kappa shape index (κ2) is 6.22. The van der Waals surface area contributed by atoms with Crippen molar-refractivity contribution in [3.05, 3.63) is 68.8 Å². The molecule has 2 N–H and O–H groups in total. The van der Waals surface area contributed by atoms with E-state index in [1.54, 1.807) is 26.0 Å². The Hall–Kier alpha value is -3.28. The van der Waals surface area contributed by atoms with E-state index in [2.05, 4.69) is 0 Å². The van der Waals surface area contributed by atoms with Crippen LogP contribution in [0.15, 0.2) is 24.3 Å². The maximum absolute atomic E-state index is 13.1. The summed E-state index contributed by atoms with van der Waals surface area (Å²) < 4.78 is 0. The standard InChI is InChI=1S/C20H16O6/c1-3-9-13-14(10(4-2)16(20(25)26)15(9)19(23)24)18(22)12-8-6-5-7-11(12)17(13)21/h5-8H,3-4H2,1-2H3,(H,23,24)(H,25,26). The van der Waals surface area contributed by atoms with E-state index in [4.69, 9.17) is 0 Å². The van der Waals surface area contributed by atoms with Crippen molar-refractivity contribution < 1.29 is 29.4 Å². The Bertz CT molecular complexity index is 920. The zero-order chi connectivity index (χ0) is 19.2. The molecule has 0 heterocycles. The SMILES string of the molecule is CCc1c(C(=O)O)c(C(=O)O)c(CC)c2c1C(=O)c1ccccc1C2=O. The largest absolute Gasteiger partial charge is 0.478 e. The Kier molecular flexibility index (Phi) is 4.20. The zero-order valence-electron chi connectivity index (χ0n) is 14.3. The topological polar surface area (TPSA) is 109 Å². The molecule has 1 aliphatic rings. The average Bonchev–Trinajstić information content (AvgIpc) is 2.63. The molecule has 6 nitrogen and oxygen atoms in total. The molecule has 0 radical (unpaired) electrons. The van der Waals surface area contributed by atoms with E-state index in [9.17, 15) is 29.4 Å². The van der Waals surface area contributed by atoms with Gasteiger partial charge in [-0.25, -0.2) is 9.59 Å². The number of carboxylic acids is 2. The van der Waals surface area contributed by atoms with Crippen LogP contribution in [0.5, 0.6) is 0 Å². The lowest BCUT2D eigenvalue weighted by Gasteiger charge is -2.25. The second-order valence-corrected chi connectivity index (χ2v) is 5.98. The van der Waals surface area contributed by atoms with Crippen LogP contribution in [0.25, 0.3) is 0 Å². The van der Waals surface area contributed by atoms with Gasteiger partial charge in [0.2, 0.25) is 0 Å². The molecule has 0 unspecified atom stereocenters. The average molecular weight is 352 g/mol. The van der Waals surface area contributed by atoms with Crippen molar-refractivity contribution in [3.8, 4) is 0 Å². The maximum Gasteiger partial charge on any atom is 0.336 e. The molecule has 3 rings (SSSR count). The first-order valence-electron chi connectivity index (χ1n) is 8.21. The van der Waals surface area contributed by atoms with Crippen LogP contribution in [0.1, 0.15) is 77.5 Å². The van der Waals surface area contributed by atoms with Crippen molar-refractivity contribution in [3.63, 3.8) is 0 Å². The summed E-state index contributed by atoms with van der Waals surface area (Å²) in [7, 11) is 0. The second-order valence-electron chi connectivity index (χ2n) is 5.98. The Labute approximate surface area is 149 Å². The highest BCUT2D eigenvalue weighted by Crippen LogP contribution is 2.37. The Morgan fingerprint density at radius 1 is 0.769 bits per heavy atom. The fourth-order valence-corrected chi connectivity index (χ4v) is 3.68. The van der Waals surface area contributed by atoms with Crippen LogP contribution >= 0.6 is 0 Å². The van der Waals surface area contributed by atoms with Crippen LogP contribution in [0.3, 0.4) is 0 Å². The van der Waals surface area contributed by atoms with Gasteiger partial charge >= 0.3 is 11.9 Å². The van der Waals surface area contributed by atoms with Crippen LogP contribution in [0.4, 0.5) is 0 Å². The van der Waals surface area contributed by atoms with Crippen LogP contribution in [-0.4, -0.2) is 33.7 Å². The molecular weight excluding hydrogens is 336 g/mol. The number of carboxylic acid groups (broad SMARTS) is 2. The lowest BCUT2D eigenvalue weighted by Crippen LogP contribution is -2.28. The van der Waals surface area contributed by atoms with Gasteiger partial charge in [0.1, 0.15) is 0 Å². The van der Waals surface area contributed by atoms with E-state index in [-0.39, 0.29) is 46.2 Å². The van der Waals surface area contributed by atoms with Gasteiger partial charge in [0.05, 0.1) is 11.1 Å². The third-order valence-electron chi connectivity index (χ3n) is 4.71. The number of aromatic carboxylic acids is 2. The number of rotatable bonds is 4. The molecule has 1 aliphatic carbocycles. The van der Waals surface area contributed by atoms with Gasteiger partial charge in [-0.1, -0.05) is 38.1 Å². The highest BCUT2D eigenvalue weighted by molar-refractivity contribution is 6.30. The first-order chi connectivity index (χ1) is 12.3. The molecule has 0 fully saturated rings. The molecule has 2 aromatic carbocycles. The first kappa shape index (κ1) is 17.5. The smallest absolute Gasteiger partial charge is 0.336 e. The summed E-state index contributed by atoms with van der Waals surface area (Å²) in [5.41, 5.74) is -0.162. The minimum Gasteiger partial charge on any atom is -0.478 e. The van der Waals surface area contributed by atoms with Crippen molar-refractivity contribution in [2.75, 3.05) is 0 Å². The van der Waals surface area contributed by atoms with E-state index in [1.165, 1.54) is 12.1 Å². The predicted molar refractivity (Wildman–Crippen MR) is 92.4 cm³/mol. The number of hydrogen-bond acceptors (Lipinski definition) is 4. The van der Waals surface area contributed by atoms with Crippen molar-refractivity contribution >= 4 is 23.5 Å². The number of hydrogen-bond donors (Lipinski definition) is 2. The highest BCUT2D eigenvalue weighted by Gasteiger charge is 2.38. The summed E-state index contributed by atoms with van der Waals surface area (Å²) in [4.78, 5) is 49.8. The molecule has 0 bridgehead atoms. The maximum atomic E-state index is 13.1. The predicted octanol–water partition coefficient (Wildman–Crippen LogP) is 2.98. The molecule has 0 saturated heterocycles. The van der Waals surface area contributed by atoms with Crippen molar-refractivity contribution in [2.45, 2.75) is 26.7 Å². The van der Waals surface area contributed by atoms with Crippen LogP contribution < -0.4 is 0 Å². The van der Waals surface area contributed by atoms with E-state index in [0.29, 0.717) is 0 Å². The molecule has 0 spiro atoms. The quantitative estimate of drug-likeness (QED) is 0.747. The van der Waals surface area contributed by atoms with E-state index >= 15 is 0 Å². The van der Waals surface area contributed by atoms with Crippen LogP contribution in [0, 0.1) is 0 Å². The molecule has 0 amide bonds. The summed E-state index contributed by atoms with van der Waals surface area (Å²) >= 11 is 0. The highest BCUT2D eigenvalue weighted by atomic mass is 16.4. The third-order valence-corrected chi connectivity index (χ3v) is 4.71. The summed E-state index contributed by atoms with van der Waals surface area (Å²) in [5.74, 6) is -3.73. The minimum absolute atomic E-state index is 0.0236.